The van der Waals surface area contributed by atoms with Crippen molar-refractivity contribution in [2.24, 2.45) is 0 Å². The molecule has 0 aromatic carbocycles. The van der Waals surface area contributed by atoms with Gasteiger partial charge in [0.05, 0.1) is 5.56 Å². The van der Waals surface area contributed by atoms with Gasteiger partial charge in [0.2, 0.25) is 0 Å². The molecule has 0 spiro atoms. The zero-order valence-corrected chi connectivity index (χ0v) is 7.42. The monoisotopic (exact) mass is 177 g/mol. The Hall–Kier alpha value is -1.77. The molecule has 3 nitrogen and oxygen atoms in total. The molecular formula is C10H11NO2. The van der Waals surface area contributed by atoms with E-state index in [1.54, 1.807) is 13.0 Å². The van der Waals surface area contributed by atoms with Gasteiger partial charge in [0, 0.05) is 5.69 Å². The molecule has 1 rings (SSSR count). The van der Waals surface area contributed by atoms with E-state index >= 15 is 0 Å². The van der Waals surface area contributed by atoms with Crippen LogP contribution in [0.1, 0.15) is 16.8 Å². The molecule has 3 heteroatoms. The van der Waals surface area contributed by atoms with Crippen molar-refractivity contribution in [1.29, 1.82) is 0 Å². The molecule has 1 aromatic rings. The molecule has 1 aromatic heterocycles. The molecule has 0 saturated heterocycles. The molecule has 0 amide bonds. The highest BCUT2D eigenvalue weighted by molar-refractivity contribution is 5.67. The molecule has 0 aliphatic heterocycles. The van der Waals surface area contributed by atoms with Crippen LogP contribution in [0.25, 0.3) is 11.8 Å². The van der Waals surface area contributed by atoms with Gasteiger partial charge in [-0.15, -0.1) is 0 Å². The Bertz CT molecular complexity index is 415. The highest BCUT2D eigenvalue weighted by Crippen LogP contribution is 2.12. The number of aromatic nitrogens is 1. The average molecular weight is 177 g/mol. The summed E-state index contributed by atoms with van der Waals surface area (Å²) < 4.78 is 0. The second-order valence-corrected chi connectivity index (χ2v) is 2.76. The lowest BCUT2D eigenvalue weighted by Gasteiger charge is -2.03. The van der Waals surface area contributed by atoms with Gasteiger partial charge in [0.1, 0.15) is 5.76 Å². The number of hydrogen-bond donors (Lipinski definition) is 2. The quantitative estimate of drug-likeness (QED) is 0.677. The van der Waals surface area contributed by atoms with E-state index in [1.807, 2.05) is 0 Å². The maximum absolute atomic E-state index is 11.3. The van der Waals surface area contributed by atoms with E-state index in [2.05, 4.69) is 18.1 Å². The average Bonchev–Trinajstić information content (AvgIpc) is 2.01. The summed E-state index contributed by atoms with van der Waals surface area (Å²) in [4.78, 5) is 13.9. The summed E-state index contributed by atoms with van der Waals surface area (Å²) in [5, 5.41) is 9.15. The molecule has 2 N–H and O–H groups in total. The van der Waals surface area contributed by atoms with Crippen LogP contribution in [-0.2, 0) is 0 Å². The van der Waals surface area contributed by atoms with Gasteiger partial charge in [0.15, 0.2) is 0 Å². The van der Waals surface area contributed by atoms with Crippen molar-refractivity contribution in [3.05, 3.63) is 46.4 Å². The molecule has 0 saturated carbocycles. The number of aromatic amines is 1. The second-order valence-electron chi connectivity index (χ2n) is 2.76. The van der Waals surface area contributed by atoms with Crippen LogP contribution in [0.5, 0.6) is 0 Å². The number of aliphatic hydroxyl groups excluding tert-OH is 1. The fraction of sp³-hybridized carbons (Fsp3) is 0.100. The first-order valence-corrected chi connectivity index (χ1v) is 3.81. The number of H-pyrrole nitrogens is 1. The largest absolute Gasteiger partial charge is 0.508 e. The standard InChI is InChI=1S/C10H11NO2/c1-4-8-5-6(2)11-10(13)9(8)7(3)12/h4-5,12H,1,3H2,2H3,(H,11,13). The van der Waals surface area contributed by atoms with Crippen molar-refractivity contribution in [3.63, 3.8) is 0 Å². The molecule has 0 bridgehead atoms. The smallest absolute Gasteiger partial charge is 0.259 e. The lowest BCUT2D eigenvalue weighted by atomic mass is 10.1. The Kier molecular flexibility index (Phi) is 2.37. The van der Waals surface area contributed by atoms with Gasteiger partial charge in [-0.3, -0.25) is 4.79 Å². The van der Waals surface area contributed by atoms with E-state index in [9.17, 15) is 4.79 Å². The van der Waals surface area contributed by atoms with E-state index in [1.165, 1.54) is 6.08 Å². The minimum absolute atomic E-state index is 0.181. The SMILES string of the molecule is C=Cc1cc(C)[nH]c(=O)c1C(=C)O. The summed E-state index contributed by atoms with van der Waals surface area (Å²) in [7, 11) is 0. The van der Waals surface area contributed by atoms with Crippen molar-refractivity contribution in [3.8, 4) is 0 Å². The molecule has 0 atom stereocenters. The van der Waals surface area contributed by atoms with Crippen LogP contribution in [0.4, 0.5) is 0 Å². The van der Waals surface area contributed by atoms with E-state index in [-0.39, 0.29) is 16.9 Å². The summed E-state index contributed by atoms with van der Waals surface area (Å²) in [6, 6.07) is 1.73. The van der Waals surface area contributed by atoms with Crippen molar-refractivity contribution in [2.45, 2.75) is 6.92 Å². The minimum atomic E-state index is -0.345. The van der Waals surface area contributed by atoms with E-state index in [0.717, 1.165) is 5.69 Å². The molecule has 0 aliphatic rings. The Morgan fingerprint density at radius 3 is 2.77 bits per heavy atom. The molecule has 0 unspecified atom stereocenters. The van der Waals surface area contributed by atoms with E-state index in [0.29, 0.717) is 5.56 Å². The van der Waals surface area contributed by atoms with Crippen molar-refractivity contribution in [2.75, 3.05) is 0 Å². The van der Waals surface area contributed by atoms with Gasteiger partial charge in [-0.2, -0.15) is 0 Å². The minimum Gasteiger partial charge on any atom is -0.508 e. The number of nitrogens with one attached hydrogen (secondary N) is 1. The Balaban J connectivity index is 3.57. The molecule has 68 valence electrons. The van der Waals surface area contributed by atoms with Gasteiger partial charge < -0.3 is 10.1 Å². The fourth-order valence-electron chi connectivity index (χ4n) is 1.17. The summed E-state index contributed by atoms with van der Waals surface area (Å²) in [5.41, 5.74) is 1.15. The predicted octanol–water partition coefficient (Wildman–Crippen LogP) is 1.86. The first-order chi connectivity index (χ1) is 6.06. The number of hydrogen-bond acceptors (Lipinski definition) is 2. The van der Waals surface area contributed by atoms with Crippen molar-refractivity contribution in [1.82, 2.24) is 4.98 Å². The maximum Gasteiger partial charge on any atom is 0.259 e. The first kappa shape index (κ1) is 9.32. The van der Waals surface area contributed by atoms with Gasteiger partial charge in [-0.25, -0.2) is 0 Å². The third kappa shape index (κ3) is 1.69. The number of aliphatic hydroxyl groups is 1. The van der Waals surface area contributed by atoms with Crippen LogP contribution in [0.3, 0.4) is 0 Å². The van der Waals surface area contributed by atoms with E-state index in [4.69, 9.17) is 5.11 Å². The summed E-state index contributed by atoms with van der Waals surface area (Å²) in [6.07, 6.45) is 1.51. The lowest BCUT2D eigenvalue weighted by Crippen LogP contribution is -2.14. The van der Waals surface area contributed by atoms with Crippen molar-refractivity contribution >= 4 is 11.8 Å². The number of rotatable bonds is 2. The third-order valence-corrected chi connectivity index (χ3v) is 1.71. The fourth-order valence-corrected chi connectivity index (χ4v) is 1.17. The number of aryl methyl sites for hydroxylation is 1. The van der Waals surface area contributed by atoms with Crippen molar-refractivity contribution < 1.29 is 5.11 Å². The number of pyridine rings is 1. The zero-order chi connectivity index (χ0) is 10.0. The van der Waals surface area contributed by atoms with Crippen LogP contribution in [0.15, 0.2) is 24.0 Å². The molecular weight excluding hydrogens is 166 g/mol. The summed E-state index contributed by atoms with van der Waals surface area (Å²) >= 11 is 0. The van der Waals surface area contributed by atoms with Gasteiger partial charge in [0.25, 0.3) is 5.56 Å². The third-order valence-electron chi connectivity index (χ3n) is 1.71. The highest BCUT2D eigenvalue weighted by Gasteiger charge is 2.07. The van der Waals surface area contributed by atoms with Gasteiger partial charge in [-0.05, 0) is 18.6 Å². The van der Waals surface area contributed by atoms with Gasteiger partial charge in [-0.1, -0.05) is 19.2 Å². The molecule has 1 heterocycles. The summed E-state index contributed by atoms with van der Waals surface area (Å²) in [5.74, 6) is -0.240. The Morgan fingerprint density at radius 1 is 1.69 bits per heavy atom. The highest BCUT2D eigenvalue weighted by atomic mass is 16.3. The molecule has 0 fully saturated rings. The van der Waals surface area contributed by atoms with Crippen LogP contribution >= 0.6 is 0 Å². The zero-order valence-electron chi connectivity index (χ0n) is 7.42. The molecule has 0 aliphatic carbocycles. The first-order valence-electron chi connectivity index (χ1n) is 3.81. The predicted molar refractivity (Wildman–Crippen MR) is 53.6 cm³/mol. The summed E-state index contributed by atoms with van der Waals surface area (Å²) in [6.45, 7) is 8.63. The Labute approximate surface area is 76.1 Å². The lowest BCUT2D eigenvalue weighted by molar-refractivity contribution is 0.512. The van der Waals surface area contributed by atoms with Crippen LogP contribution in [-0.4, -0.2) is 10.1 Å². The van der Waals surface area contributed by atoms with Crippen LogP contribution in [0, 0.1) is 6.92 Å². The van der Waals surface area contributed by atoms with E-state index < -0.39 is 0 Å². The Morgan fingerprint density at radius 2 is 2.31 bits per heavy atom. The van der Waals surface area contributed by atoms with Gasteiger partial charge >= 0.3 is 0 Å². The van der Waals surface area contributed by atoms with Crippen LogP contribution < -0.4 is 5.56 Å². The topological polar surface area (TPSA) is 53.1 Å². The maximum atomic E-state index is 11.3. The van der Waals surface area contributed by atoms with Crippen LogP contribution in [0.2, 0.25) is 0 Å². The molecule has 13 heavy (non-hydrogen) atoms. The molecule has 0 radical (unpaired) electrons. The second kappa shape index (κ2) is 3.31. The normalized spacial score (nSPS) is 9.62.